The van der Waals surface area contributed by atoms with E-state index in [1.165, 1.54) is 0 Å². The summed E-state index contributed by atoms with van der Waals surface area (Å²) in [5.41, 5.74) is 2.94. The highest BCUT2D eigenvalue weighted by Crippen LogP contribution is 2.19. The number of rotatable bonds is 7. The number of ether oxygens (including phenoxy) is 1. The standard InChI is InChI=1S/C16H26N2O3/c1-11-7-6-8-12(2)15(11)17-16(20)13(3)18(4)9-14(19)10-21-5/h6-8,13-14,19H,9-10H2,1-5H3,(H,17,20). The average molecular weight is 294 g/mol. The Kier molecular flexibility index (Phi) is 6.81. The van der Waals surface area contributed by atoms with Crippen LogP contribution in [0.3, 0.4) is 0 Å². The van der Waals surface area contributed by atoms with Crippen molar-refractivity contribution in [2.45, 2.75) is 32.9 Å². The molecule has 1 rings (SSSR count). The van der Waals surface area contributed by atoms with E-state index in [2.05, 4.69) is 5.32 Å². The highest BCUT2D eigenvalue weighted by Gasteiger charge is 2.21. The summed E-state index contributed by atoms with van der Waals surface area (Å²) in [6.45, 7) is 6.41. The molecule has 0 aromatic heterocycles. The number of hydrogen-bond donors (Lipinski definition) is 2. The number of nitrogens with zero attached hydrogens (tertiary/aromatic N) is 1. The molecule has 1 aromatic rings. The molecule has 0 saturated heterocycles. The van der Waals surface area contributed by atoms with Gasteiger partial charge in [0.1, 0.15) is 0 Å². The molecule has 1 aromatic carbocycles. The molecule has 0 fully saturated rings. The van der Waals surface area contributed by atoms with Crippen molar-refractivity contribution in [1.29, 1.82) is 0 Å². The number of carbonyl (C=O) groups is 1. The highest BCUT2D eigenvalue weighted by atomic mass is 16.5. The second-order valence-corrected chi connectivity index (χ2v) is 5.48. The monoisotopic (exact) mass is 294 g/mol. The molecule has 0 heterocycles. The van der Waals surface area contributed by atoms with E-state index in [0.29, 0.717) is 6.54 Å². The number of amides is 1. The number of hydrogen-bond acceptors (Lipinski definition) is 4. The normalized spacial score (nSPS) is 14.0. The number of aliphatic hydroxyl groups is 1. The molecule has 2 unspecified atom stereocenters. The van der Waals surface area contributed by atoms with Crippen LogP contribution in [0.2, 0.25) is 0 Å². The van der Waals surface area contributed by atoms with Crippen LogP contribution >= 0.6 is 0 Å². The van der Waals surface area contributed by atoms with Crippen LogP contribution in [0.1, 0.15) is 18.1 Å². The molecule has 1 amide bonds. The van der Waals surface area contributed by atoms with Gasteiger partial charge in [-0.05, 0) is 38.9 Å². The maximum atomic E-state index is 12.3. The van der Waals surface area contributed by atoms with E-state index in [0.717, 1.165) is 16.8 Å². The van der Waals surface area contributed by atoms with Crippen molar-refractivity contribution >= 4 is 11.6 Å². The number of likely N-dealkylation sites (N-methyl/N-ethyl adjacent to an activating group) is 1. The summed E-state index contributed by atoms with van der Waals surface area (Å²) in [6.07, 6.45) is -0.601. The highest BCUT2D eigenvalue weighted by molar-refractivity contribution is 5.95. The fraction of sp³-hybridized carbons (Fsp3) is 0.562. The lowest BCUT2D eigenvalue weighted by atomic mass is 10.1. The summed E-state index contributed by atoms with van der Waals surface area (Å²) in [4.78, 5) is 14.1. The molecule has 2 N–H and O–H groups in total. The van der Waals surface area contributed by atoms with Crippen molar-refractivity contribution < 1.29 is 14.6 Å². The van der Waals surface area contributed by atoms with Gasteiger partial charge in [0.2, 0.25) is 5.91 Å². The Balaban J connectivity index is 2.66. The summed E-state index contributed by atoms with van der Waals surface area (Å²) < 4.78 is 4.89. The van der Waals surface area contributed by atoms with Crippen LogP contribution in [0.25, 0.3) is 0 Å². The van der Waals surface area contributed by atoms with Crippen LogP contribution in [0.4, 0.5) is 5.69 Å². The fourth-order valence-electron chi connectivity index (χ4n) is 2.18. The Hall–Kier alpha value is -1.43. The molecule has 0 aliphatic carbocycles. The molecule has 5 heteroatoms. The van der Waals surface area contributed by atoms with Gasteiger partial charge in [0.05, 0.1) is 18.8 Å². The van der Waals surface area contributed by atoms with Gasteiger partial charge < -0.3 is 15.2 Å². The number of methoxy groups -OCH3 is 1. The lowest BCUT2D eigenvalue weighted by molar-refractivity contribution is -0.120. The van der Waals surface area contributed by atoms with Crippen LogP contribution < -0.4 is 5.32 Å². The number of para-hydroxylation sites is 1. The number of aryl methyl sites for hydroxylation is 2. The van der Waals surface area contributed by atoms with E-state index in [1.807, 2.05) is 50.9 Å². The summed E-state index contributed by atoms with van der Waals surface area (Å²) in [7, 11) is 3.36. The number of aliphatic hydroxyl groups excluding tert-OH is 1. The number of benzene rings is 1. The van der Waals surface area contributed by atoms with Crippen LogP contribution in [0.5, 0.6) is 0 Å². The van der Waals surface area contributed by atoms with Gasteiger partial charge >= 0.3 is 0 Å². The van der Waals surface area contributed by atoms with Gasteiger partial charge in [-0.1, -0.05) is 18.2 Å². The third-order valence-corrected chi connectivity index (χ3v) is 3.63. The lowest BCUT2D eigenvalue weighted by Crippen LogP contribution is -2.44. The second-order valence-electron chi connectivity index (χ2n) is 5.48. The molecule has 0 radical (unpaired) electrons. The lowest BCUT2D eigenvalue weighted by Gasteiger charge is -2.26. The van der Waals surface area contributed by atoms with Gasteiger partial charge in [0, 0.05) is 19.3 Å². The van der Waals surface area contributed by atoms with Crippen molar-refractivity contribution in [3.8, 4) is 0 Å². The molecular weight excluding hydrogens is 268 g/mol. The Morgan fingerprint density at radius 3 is 2.48 bits per heavy atom. The maximum Gasteiger partial charge on any atom is 0.241 e. The van der Waals surface area contributed by atoms with Crippen LogP contribution in [0.15, 0.2) is 18.2 Å². The van der Waals surface area contributed by atoms with Gasteiger partial charge in [-0.25, -0.2) is 0 Å². The Bertz CT molecular complexity index is 456. The van der Waals surface area contributed by atoms with Gasteiger partial charge in [0.25, 0.3) is 0 Å². The minimum atomic E-state index is -0.601. The number of anilines is 1. The van der Waals surface area contributed by atoms with E-state index < -0.39 is 6.10 Å². The first-order valence-electron chi connectivity index (χ1n) is 7.11. The summed E-state index contributed by atoms with van der Waals surface area (Å²) in [5, 5.41) is 12.7. The van der Waals surface area contributed by atoms with Gasteiger partial charge in [-0.15, -0.1) is 0 Å². The topological polar surface area (TPSA) is 61.8 Å². The molecule has 5 nitrogen and oxygen atoms in total. The average Bonchev–Trinajstić information content (AvgIpc) is 2.42. The predicted molar refractivity (Wildman–Crippen MR) is 84.5 cm³/mol. The van der Waals surface area contributed by atoms with Crippen molar-refractivity contribution in [1.82, 2.24) is 4.90 Å². The molecule has 118 valence electrons. The molecule has 21 heavy (non-hydrogen) atoms. The van der Waals surface area contributed by atoms with Crippen molar-refractivity contribution in [3.63, 3.8) is 0 Å². The smallest absolute Gasteiger partial charge is 0.241 e. The molecule has 0 bridgehead atoms. The molecule has 0 spiro atoms. The van der Waals surface area contributed by atoms with E-state index in [1.54, 1.807) is 7.11 Å². The molecule has 2 atom stereocenters. The first-order valence-corrected chi connectivity index (χ1v) is 7.11. The van der Waals surface area contributed by atoms with E-state index in [4.69, 9.17) is 4.74 Å². The van der Waals surface area contributed by atoms with Crippen LogP contribution in [0, 0.1) is 13.8 Å². The summed E-state index contributed by atoms with van der Waals surface area (Å²) in [6, 6.07) is 5.57. The van der Waals surface area contributed by atoms with Crippen LogP contribution in [-0.4, -0.2) is 55.4 Å². The number of nitrogens with one attached hydrogen (secondary N) is 1. The van der Waals surface area contributed by atoms with Crippen molar-refractivity contribution in [2.24, 2.45) is 0 Å². The zero-order valence-electron chi connectivity index (χ0n) is 13.5. The predicted octanol–water partition coefficient (Wildman–Crippen LogP) is 1.57. The van der Waals surface area contributed by atoms with Crippen LogP contribution in [-0.2, 0) is 9.53 Å². The Labute approximate surface area is 126 Å². The summed E-state index contributed by atoms with van der Waals surface area (Å²) in [5.74, 6) is -0.0838. The number of carbonyl (C=O) groups excluding carboxylic acids is 1. The quantitative estimate of drug-likeness (QED) is 0.801. The SMILES string of the molecule is COCC(O)CN(C)C(C)C(=O)Nc1c(C)cccc1C. The molecule has 0 saturated carbocycles. The van der Waals surface area contributed by atoms with E-state index >= 15 is 0 Å². The second kappa shape index (κ2) is 8.12. The Morgan fingerprint density at radius 2 is 1.95 bits per heavy atom. The zero-order valence-corrected chi connectivity index (χ0v) is 13.5. The molecule has 0 aliphatic heterocycles. The van der Waals surface area contributed by atoms with E-state index in [-0.39, 0.29) is 18.6 Å². The minimum Gasteiger partial charge on any atom is -0.389 e. The van der Waals surface area contributed by atoms with Gasteiger partial charge in [-0.2, -0.15) is 0 Å². The molecule has 0 aliphatic rings. The van der Waals surface area contributed by atoms with Crippen molar-refractivity contribution in [3.05, 3.63) is 29.3 Å². The largest absolute Gasteiger partial charge is 0.389 e. The van der Waals surface area contributed by atoms with Gasteiger partial charge in [-0.3, -0.25) is 9.69 Å². The summed E-state index contributed by atoms with van der Waals surface area (Å²) >= 11 is 0. The van der Waals surface area contributed by atoms with Gasteiger partial charge in [0.15, 0.2) is 0 Å². The molecular formula is C16H26N2O3. The zero-order chi connectivity index (χ0) is 16.0. The third-order valence-electron chi connectivity index (χ3n) is 3.63. The first-order chi connectivity index (χ1) is 9.86. The third kappa shape index (κ3) is 5.12. The van der Waals surface area contributed by atoms with Crippen molar-refractivity contribution in [2.75, 3.05) is 32.6 Å². The Morgan fingerprint density at radius 1 is 1.38 bits per heavy atom. The van der Waals surface area contributed by atoms with E-state index in [9.17, 15) is 9.90 Å². The maximum absolute atomic E-state index is 12.3. The first kappa shape index (κ1) is 17.6. The fourth-order valence-corrected chi connectivity index (χ4v) is 2.18. The minimum absolute atomic E-state index is 0.0838.